The fourth-order valence-corrected chi connectivity index (χ4v) is 0. The third-order valence-electron chi connectivity index (χ3n) is 0. The molecule has 0 aromatic rings. The molecular formula is H26B3CeClNaO7. The van der Waals surface area contributed by atoms with E-state index < -0.39 is 0 Å². The predicted molar refractivity (Wildman–Crippen MR) is 59.3 cm³/mol. The van der Waals surface area contributed by atoms with Gasteiger partial charge in [0.2, 0.25) is 0 Å². The topological polar surface area (TPSA) is 220 Å². The second-order valence-corrected chi connectivity index (χ2v) is 0. The molecule has 0 saturated heterocycles. The Kier molecular flexibility index (Phi) is 15400. The molecule has 13 heteroatoms. The molecule has 0 aromatic heterocycles. The minimum atomic E-state index is 0. The minimum Gasteiger partial charge on any atom is -1.00 e. The Bertz CT molecular complexity index is 23.7. The van der Waals surface area contributed by atoms with Gasteiger partial charge in [0.05, 0.1) is 0 Å². The van der Waals surface area contributed by atoms with E-state index in [9.17, 15) is 0 Å². The van der Waals surface area contributed by atoms with Crippen LogP contribution in [0.3, 0.4) is 0 Å². The molecule has 0 aromatic carbocycles. The summed E-state index contributed by atoms with van der Waals surface area (Å²) >= 11 is 0. The summed E-state index contributed by atoms with van der Waals surface area (Å²) in [6.07, 6.45) is 0. The molecule has 0 fully saturated rings. The summed E-state index contributed by atoms with van der Waals surface area (Å²) in [5.74, 6) is 0. The largest absolute Gasteiger partial charge is 3.00 e. The van der Waals surface area contributed by atoms with Crippen LogP contribution in [0.4, 0.5) is 0 Å². The van der Waals surface area contributed by atoms with Crippen LogP contribution in [-0.2, 0) is 0 Å². The van der Waals surface area contributed by atoms with Gasteiger partial charge in [0, 0.05) is 0 Å². The molecule has 89 valence electrons. The van der Waals surface area contributed by atoms with Gasteiger partial charge in [-0.2, -0.15) is 0 Å². The molecule has 0 aliphatic carbocycles. The first kappa shape index (κ1) is 497. The minimum absolute atomic E-state index is 0. The zero-order chi connectivity index (χ0) is 0. The van der Waals surface area contributed by atoms with Crippen LogP contribution < -0.4 is 42.0 Å². The third-order valence-corrected chi connectivity index (χ3v) is 0. The van der Waals surface area contributed by atoms with Gasteiger partial charge in [-0.25, -0.2) is 0 Å². The van der Waals surface area contributed by atoms with Gasteiger partial charge in [-0.05, 0) is 0 Å². The van der Waals surface area contributed by atoms with Crippen molar-refractivity contribution in [1.29, 1.82) is 0 Å². The molecule has 0 heterocycles. The normalized spacial score (nSPS) is 0. The van der Waals surface area contributed by atoms with Gasteiger partial charge in [-0.3, -0.25) is 0 Å². The fraction of sp³-hybridized carbons (Fsp3) is 0. The van der Waals surface area contributed by atoms with Crippen LogP contribution in [0.1, 0.15) is 0 Å². The zero-order valence-corrected chi connectivity index (χ0v) is 11.3. The van der Waals surface area contributed by atoms with Crippen molar-refractivity contribution >= 4 is 25.2 Å². The van der Waals surface area contributed by atoms with E-state index in [1.165, 1.54) is 0 Å². The number of hydrogen-bond acceptors (Lipinski definition) is 0. The van der Waals surface area contributed by atoms with E-state index in [-0.39, 0.29) is 147 Å². The van der Waals surface area contributed by atoms with Crippen molar-refractivity contribution in [3.8, 4) is 0 Å². The van der Waals surface area contributed by atoms with Gasteiger partial charge in [0.1, 0.15) is 0 Å². The van der Waals surface area contributed by atoms with Crippen molar-refractivity contribution in [1.82, 2.24) is 0 Å². The Labute approximate surface area is 145 Å². The molecule has 7 nitrogen and oxygen atoms in total. The monoisotopic (exact) mass is 369 g/mol. The van der Waals surface area contributed by atoms with Crippen molar-refractivity contribution in [3.05, 3.63) is 0 Å². The first-order valence-corrected chi connectivity index (χ1v) is 0. The molecule has 0 amide bonds. The molecule has 0 atom stereocenters. The summed E-state index contributed by atoms with van der Waals surface area (Å²) < 4.78 is 0. The summed E-state index contributed by atoms with van der Waals surface area (Å²) in [5, 5.41) is 0. The third kappa shape index (κ3) is 346. The Hall–Kier alpha value is 2.58. The second-order valence-electron chi connectivity index (χ2n) is 0. The van der Waals surface area contributed by atoms with Crippen LogP contribution in [0.25, 0.3) is 0 Å². The first-order chi connectivity index (χ1) is 0. The average Bonchev–Trinajstić information content (AvgIpc) is 0. The van der Waals surface area contributed by atoms with Gasteiger partial charge >= 0.3 is 71.3 Å². The quantitative estimate of drug-likeness (QED) is 0.363. The van der Waals surface area contributed by atoms with Crippen LogP contribution >= 0.6 is 0 Å². The molecule has 0 aliphatic heterocycles. The van der Waals surface area contributed by atoms with E-state index in [1.54, 1.807) is 0 Å². The number of rotatable bonds is 0. The predicted octanol–water partition coefficient (Wildman–Crippen LogP) is -16.1. The average molecular weight is 369 g/mol. The number of hydrogen-bond donors (Lipinski definition) is 0. The van der Waals surface area contributed by atoms with E-state index >= 15 is 0 Å². The van der Waals surface area contributed by atoms with Crippen molar-refractivity contribution in [2.45, 2.75) is 0 Å². The molecule has 0 saturated carbocycles. The SMILES string of the molecule is O.O.O.O.O.O.O.[BH4-].[BH4-].[BH4-].[Ce+3].[Cl-].[Na+]. The van der Waals surface area contributed by atoms with Crippen LogP contribution in [0.2, 0.25) is 0 Å². The van der Waals surface area contributed by atoms with Crippen LogP contribution in [0.5, 0.6) is 0 Å². The molecule has 0 aliphatic rings. The zero-order valence-electron chi connectivity index (χ0n) is 5.38. The Balaban J connectivity index is 0. The molecule has 1 radical (unpaired) electrons. The summed E-state index contributed by atoms with van der Waals surface area (Å²) in [7, 11) is 0. The Morgan fingerprint density at radius 3 is 0.385 bits per heavy atom. The van der Waals surface area contributed by atoms with Crippen molar-refractivity contribution in [2.24, 2.45) is 0 Å². The van der Waals surface area contributed by atoms with Gasteiger partial charge in [0.15, 0.2) is 0 Å². The summed E-state index contributed by atoms with van der Waals surface area (Å²) in [6, 6.07) is 0. The molecule has 0 unspecified atom stereocenters. The summed E-state index contributed by atoms with van der Waals surface area (Å²) in [5.41, 5.74) is 0. The van der Waals surface area contributed by atoms with E-state index in [0.717, 1.165) is 0 Å². The maximum absolute atomic E-state index is 0. The van der Waals surface area contributed by atoms with Crippen molar-refractivity contribution in [2.75, 3.05) is 0 Å². The Morgan fingerprint density at radius 1 is 0.385 bits per heavy atom. The number of halogens is 1. The van der Waals surface area contributed by atoms with E-state index in [2.05, 4.69) is 0 Å². The molecule has 0 bridgehead atoms. The van der Waals surface area contributed by atoms with Crippen molar-refractivity contribution in [3.63, 3.8) is 0 Å². The standard InChI is InChI=1S/3BH4.Ce.ClH.Na.7H2O/h3*1H4;;1H;;7*1H2/q3*-1;+3;;+1;;;;;;;/p-1. The molecule has 14 N–H and O–H groups in total. The van der Waals surface area contributed by atoms with E-state index in [1.807, 2.05) is 0 Å². The van der Waals surface area contributed by atoms with Gasteiger partial charge in [-0.15, -0.1) is 0 Å². The van der Waals surface area contributed by atoms with Crippen LogP contribution in [0, 0.1) is 41.7 Å². The van der Waals surface area contributed by atoms with Gasteiger partial charge < -0.3 is 50.7 Å². The van der Waals surface area contributed by atoms with Gasteiger partial charge in [0.25, 0.3) is 0 Å². The maximum Gasteiger partial charge on any atom is 3.00 e. The smallest absolute Gasteiger partial charge is 1.00 e. The van der Waals surface area contributed by atoms with E-state index in [0.29, 0.717) is 0 Å². The molecule has 0 spiro atoms. The Morgan fingerprint density at radius 2 is 0.385 bits per heavy atom. The molecular weight excluding hydrogens is 343 g/mol. The first-order valence-electron chi connectivity index (χ1n) is 0. The molecule has 13 heavy (non-hydrogen) atoms. The van der Waals surface area contributed by atoms with Crippen molar-refractivity contribution < 1.29 is 122 Å². The molecule has 0 rings (SSSR count). The second kappa shape index (κ2) is 404. The van der Waals surface area contributed by atoms with Crippen LogP contribution in [-0.4, -0.2) is 63.6 Å². The summed E-state index contributed by atoms with van der Waals surface area (Å²) in [6.45, 7) is 0. The fourth-order valence-electron chi connectivity index (χ4n) is 0. The maximum atomic E-state index is 0. The van der Waals surface area contributed by atoms with E-state index in [4.69, 9.17) is 0 Å². The summed E-state index contributed by atoms with van der Waals surface area (Å²) in [4.78, 5) is 0. The van der Waals surface area contributed by atoms with Crippen LogP contribution in [0.15, 0.2) is 0 Å². The van der Waals surface area contributed by atoms with Gasteiger partial charge in [-0.1, -0.05) is 25.2 Å².